The molecule has 5 nitrogen and oxygen atoms in total. The molecule has 0 bridgehead atoms. The molecular weight excluding hydrogens is 362 g/mol. The van der Waals surface area contributed by atoms with Crippen molar-refractivity contribution in [3.63, 3.8) is 0 Å². The van der Waals surface area contributed by atoms with Crippen LogP contribution in [0.25, 0.3) is 10.9 Å². The minimum absolute atomic E-state index is 0.0125. The molecule has 0 saturated carbocycles. The van der Waals surface area contributed by atoms with Crippen LogP contribution in [0.1, 0.15) is 12.0 Å². The summed E-state index contributed by atoms with van der Waals surface area (Å²) in [7, 11) is 0. The Morgan fingerprint density at radius 3 is 2.69 bits per heavy atom. The van der Waals surface area contributed by atoms with E-state index in [2.05, 4.69) is 34.5 Å². The number of para-hydroxylation sites is 1. The van der Waals surface area contributed by atoms with Gasteiger partial charge in [-0.2, -0.15) is 0 Å². The highest BCUT2D eigenvalue weighted by atomic mass is 16.2. The summed E-state index contributed by atoms with van der Waals surface area (Å²) < 4.78 is 1.84. The van der Waals surface area contributed by atoms with Gasteiger partial charge in [0.25, 0.3) is 0 Å². The Morgan fingerprint density at radius 2 is 1.83 bits per heavy atom. The van der Waals surface area contributed by atoms with Crippen molar-refractivity contribution in [2.24, 2.45) is 5.92 Å². The third-order valence-electron chi connectivity index (χ3n) is 5.72. The van der Waals surface area contributed by atoms with Crippen LogP contribution in [0, 0.1) is 5.92 Å². The molecule has 1 N–H and O–H groups in total. The summed E-state index contributed by atoms with van der Waals surface area (Å²) in [6.07, 6.45) is 3.89. The highest BCUT2D eigenvalue weighted by Crippen LogP contribution is 2.16. The average molecular weight is 389 g/mol. The third-order valence-corrected chi connectivity index (χ3v) is 5.72. The monoisotopic (exact) mass is 389 g/mol. The van der Waals surface area contributed by atoms with Crippen molar-refractivity contribution in [3.8, 4) is 0 Å². The van der Waals surface area contributed by atoms with Crippen molar-refractivity contribution >= 4 is 16.8 Å². The number of nitrogens with one attached hydrogen (secondary N) is 1. The number of aromatic nitrogens is 1. The fraction of sp³-hybridized carbons (Fsp3) is 0.333. The molecule has 1 unspecified atom stereocenters. The molecule has 3 aromatic rings. The maximum atomic E-state index is 12.5. The Hall–Kier alpha value is -2.92. The topological polar surface area (TPSA) is 54.3 Å². The number of benzene rings is 2. The van der Waals surface area contributed by atoms with Gasteiger partial charge in [0.2, 0.25) is 5.91 Å². The lowest BCUT2D eigenvalue weighted by Crippen LogP contribution is -2.33. The van der Waals surface area contributed by atoms with Gasteiger partial charge in [0.05, 0.1) is 5.52 Å². The maximum absolute atomic E-state index is 12.5. The van der Waals surface area contributed by atoms with E-state index in [1.807, 2.05) is 28.8 Å². The first-order valence-electron chi connectivity index (χ1n) is 10.3. The van der Waals surface area contributed by atoms with Crippen molar-refractivity contribution in [1.29, 1.82) is 0 Å². The fourth-order valence-corrected chi connectivity index (χ4v) is 4.08. The zero-order valence-electron chi connectivity index (χ0n) is 16.6. The molecule has 0 aliphatic carbocycles. The molecule has 29 heavy (non-hydrogen) atoms. The van der Waals surface area contributed by atoms with E-state index in [0.717, 1.165) is 38.0 Å². The normalized spacial score (nSPS) is 16.9. The van der Waals surface area contributed by atoms with Crippen LogP contribution in [0.3, 0.4) is 0 Å². The first-order chi connectivity index (χ1) is 14.2. The first-order valence-corrected chi connectivity index (χ1v) is 10.3. The van der Waals surface area contributed by atoms with Crippen molar-refractivity contribution in [1.82, 2.24) is 14.8 Å². The van der Waals surface area contributed by atoms with Gasteiger partial charge in [-0.05, 0) is 43.0 Å². The van der Waals surface area contributed by atoms with Gasteiger partial charge in [-0.1, -0.05) is 42.5 Å². The molecule has 1 saturated heterocycles. The molecule has 5 heteroatoms. The quantitative estimate of drug-likeness (QED) is 0.676. The van der Waals surface area contributed by atoms with E-state index in [1.54, 1.807) is 12.3 Å². The van der Waals surface area contributed by atoms with Gasteiger partial charge >= 0.3 is 0 Å². The number of pyridine rings is 1. The molecule has 1 aliphatic heterocycles. The van der Waals surface area contributed by atoms with Gasteiger partial charge in [-0.3, -0.25) is 9.59 Å². The number of rotatable bonds is 7. The lowest BCUT2D eigenvalue weighted by Gasteiger charge is -2.17. The van der Waals surface area contributed by atoms with Crippen LogP contribution in [0.4, 0.5) is 0 Å². The highest BCUT2D eigenvalue weighted by molar-refractivity contribution is 5.82. The lowest BCUT2D eigenvalue weighted by atomic mass is 10.1. The van der Waals surface area contributed by atoms with Crippen molar-refractivity contribution in [2.45, 2.75) is 19.4 Å². The van der Waals surface area contributed by atoms with Crippen LogP contribution < -0.4 is 10.7 Å². The Balaban J connectivity index is 1.25. The SMILES string of the molecule is O=C(Cn1ccc(=O)c2ccccc21)NCC1CCN(CCc2ccccc2)C1. The molecule has 2 aromatic carbocycles. The van der Waals surface area contributed by atoms with Crippen LogP contribution in [-0.4, -0.2) is 41.6 Å². The van der Waals surface area contributed by atoms with E-state index in [-0.39, 0.29) is 17.9 Å². The second-order valence-electron chi connectivity index (χ2n) is 7.82. The third kappa shape index (κ3) is 4.93. The highest BCUT2D eigenvalue weighted by Gasteiger charge is 2.22. The van der Waals surface area contributed by atoms with E-state index in [1.165, 1.54) is 11.6 Å². The predicted molar refractivity (Wildman–Crippen MR) is 116 cm³/mol. The largest absolute Gasteiger partial charge is 0.354 e. The number of nitrogens with zero attached hydrogens (tertiary/aromatic N) is 2. The number of hydrogen-bond donors (Lipinski definition) is 1. The van der Waals surface area contributed by atoms with E-state index in [0.29, 0.717) is 17.8 Å². The summed E-state index contributed by atoms with van der Waals surface area (Å²) >= 11 is 0. The summed E-state index contributed by atoms with van der Waals surface area (Å²) in [5.74, 6) is 0.488. The number of amides is 1. The minimum atomic E-state index is -0.0150. The van der Waals surface area contributed by atoms with Gasteiger partial charge in [0.1, 0.15) is 6.54 Å². The van der Waals surface area contributed by atoms with Gasteiger partial charge < -0.3 is 14.8 Å². The Labute approximate surface area is 171 Å². The maximum Gasteiger partial charge on any atom is 0.239 e. The Bertz CT molecular complexity index is 1030. The molecule has 4 rings (SSSR count). The van der Waals surface area contributed by atoms with Crippen LogP contribution in [0.2, 0.25) is 0 Å². The molecule has 0 spiro atoms. The molecule has 1 amide bonds. The van der Waals surface area contributed by atoms with Crippen molar-refractivity contribution in [3.05, 3.63) is 82.6 Å². The predicted octanol–water partition coefficient (Wildman–Crippen LogP) is 2.68. The summed E-state index contributed by atoms with van der Waals surface area (Å²) in [4.78, 5) is 26.9. The summed E-state index contributed by atoms with van der Waals surface area (Å²) in [6, 6.07) is 19.5. The second-order valence-corrected chi connectivity index (χ2v) is 7.82. The lowest BCUT2D eigenvalue weighted by molar-refractivity contribution is -0.121. The summed E-state index contributed by atoms with van der Waals surface area (Å²) in [6.45, 7) is 4.13. The standard InChI is InChI=1S/C24H27N3O2/c28-23-12-15-27(22-9-5-4-8-21(22)23)18-24(29)25-16-20-11-14-26(17-20)13-10-19-6-2-1-3-7-19/h1-9,12,15,20H,10-11,13-14,16-18H2,(H,25,29). The molecule has 1 atom stereocenters. The van der Waals surface area contributed by atoms with Crippen LogP contribution >= 0.6 is 0 Å². The van der Waals surface area contributed by atoms with Crippen LogP contribution in [0.5, 0.6) is 0 Å². The second kappa shape index (κ2) is 9.05. The number of hydrogen-bond acceptors (Lipinski definition) is 3. The van der Waals surface area contributed by atoms with Crippen molar-refractivity contribution in [2.75, 3.05) is 26.2 Å². The average Bonchev–Trinajstić information content (AvgIpc) is 3.22. The van der Waals surface area contributed by atoms with E-state index >= 15 is 0 Å². The van der Waals surface area contributed by atoms with Crippen LogP contribution in [0.15, 0.2) is 71.7 Å². The zero-order valence-corrected chi connectivity index (χ0v) is 16.6. The van der Waals surface area contributed by atoms with Crippen LogP contribution in [-0.2, 0) is 17.8 Å². The Kier molecular flexibility index (Phi) is 6.06. The summed E-state index contributed by atoms with van der Waals surface area (Å²) in [5.41, 5.74) is 2.15. The molecular formula is C24H27N3O2. The smallest absolute Gasteiger partial charge is 0.239 e. The summed E-state index contributed by atoms with van der Waals surface area (Å²) in [5, 5.41) is 3.73. The van der Waals surface area contributed by atoms with E-state index in [4.69, 9.17) is 0 Å². The molecule has 1 fully saturated rings. The van der Waals surface area contributed by atoms with Crippen molar-refractivity contribution < 1.29 is 4.79 Å². The minimum Gasteiger partial charge on any atom is -0.354 e. The molecule has 0 radical (unpaired) electrons. The van der Waals surface area contributed by atoms with E-state index < -0.39 is 0 Å². The van der Waals surface area contributed by atoms with E-state index in [9.17, 15) is 9.59 Å². The Morgan fingerprint density at radius 1 is 1.03 bits per heavy atom. The molecule has 2 heterocycles. The molecule has 1 aliphatic rings. The van der Waals surface area contributed by atoms with Gasteiger partial charge in [0.15, 0.2) is 5.43 Å². The first kappa shape index (κ1) is 19.4. The molecule has 150 valence electrons. The fourth-order valence-electron chi connectivity index (χ4n) is 4.08. The van der Waals surface area contributed by atoms with Gasteiger partial charge in [0, 0.05) is 37.3 Å². The number of carbonyl (C=O) groups is 1. The number of carbonyl (C=O) groups excluding carboxylic acids is 1. The number of likely N-dealkylation sites (tertiary alicyclic amines) is 1. The van der Waals surface area contributed by atoms with Gasteiger partial charge in [-0.25, -0.2) is 0 Å². The van der Waals surface area contributed by atoms with Gasteiger partial charge in [-0.15, -0.1) is 0 Å². The molecule has 1 aromatic heterocycles. The zero-order chi connectivity index (χ0) is 20.1. The number of fused-ring (bicyclic) bond motifs is 1.